The van der Waals surface area contributed by atoms with E-state index < -0.39 is 40.2 Å². The molecule has 7 nitrogen and oxygen atoms in total. The normalized spacial score (nSPS) is 12.1. The minimum absolute atomic E-state index is 0.0537. The molecule has 0 saturated carbocycles. The Hall–Kier alpha value is -3.14. The van der Waals surface area contributed by atoms with Gasteiger partial charge in [-0.2, -0.15) is 0 Å². The highest BCUT2D eigenvalue weighted by atomic mass is 35.5. The maximum atomic E-state index is 14.4. The number of carbonyl (C=O) groups excluding carboxylic acids is 2. The number of rotatable bonds is 9. The zero-order chi connectivity index (χ0) is 27.3. The molecule has 0 fully saturated rings. The van der Waals surface area contributed by atoms with Crippen molar-refractivity contribution in [2.75, 3.05) is 17.9 Å². The molecule has 0 saturated heterocycles. The lowest BCUT2D eigenvalue weighted by Crippen LogP contribution is -2.50. The van der Waals surface area contributed by atoms with Gasteiger partial charge in [-0.15, -0.1) is 0 Å². The number of amides is 2. The van der Waals surface area contributed by atoms with Gasteiger partial charge in [0, 0.05) is 29.2 Å². The van der Waals surface area contributed by atoms with Crippen LogP contribution in [0.5, 0.6) is 0 Å². The Morgan fingerprint density at radius 2 is 1.59 bits per heavy atom. The van der Waals surface area contributed by atoms with E-state index >= 15 is 0 Å². The van der Waals surface area contributed by atoms with Gasteiger partial charge >= 0.3 is 0 Å². The molecule has 0 aromatic heterocycles. The van der Waals surface area contributed by atoms with Crippen LogP contribution in [-0.4, -0.2) is 44.8 Å². The van der Waals surface area contributed by atoms with E-state index in [0.717, 1.165) is 14.8 Å². The van der Waals surface area contributed by atoms with E-state index in [2.05, 4.69) is 5.32 Å². The van der Waals surface area contributed by atoms with E-state index in [1.165, 1.54) is 62.5 Å². The highest BCUT2D eigenvalue weighted by Gasteiger charge is 2.33. The molecule has 1 N–H and O–H groups in total. The molecule has 196 valence electrons. The molecule has 0 bridgehead atoms. The smallest absolute Gasteiger partial charge is 0.264 e. The predicted molar refractivity (Wildman–Crippen MR) is 143 cm³/mol. The van der Waals surface area contributed by atoms with Gasteiger partial charge in [0.2, 0.25) is 11.8 Å². The van der Waals surface area contributed by atoms with Crippen LogP contribution >= 0.6 is 23.2 Å². The average Bonchev–Trinajstić information content (AvgIpc) is 2.85. The molecule has 2 amide bonds. The van der Waals surface area contributed by atoms with E-state index in [4.69, 9.17) is 23.2 Å². The molecule has 0 aliphatic rings. The Morgan fingerprint density at radius 3 is 2.16 bits per heavy atom. The number of anilines is 1. The molecular weight excluding hydrogens is 540 g/mol. The van der Waals surface area contributed by atoms with Gasteiger partial charge in [0.1, 0.15) is 18.4 Å². The first kappa shape index (κ1) is 28.4. The number of aryl methyl sites for hydroxylation is 1. The number of sulfonamides is 1. The molecular formula is C26H26Cl2FN3O4S. The maximum Gasteiger partial charge on any atom is 0.264 e. The summed E-state index contributed by atoms with van der Waals surface area (Å²) in [6.45, 7) is 2.35. The summed E-state index contributed by atoms with van der Waals surface area (Å²) in [5.41, 5.74) is 1.08. The van der Waals surface area contributed by atoms with Crippen LogP contribution in [0.2, 0.25) is 10.0 Å². The summed E-state index contributed by atoms with van der Waals surface area (Å²) in [6, 6.07) is 15.1. The van der Waals surface area contributed by atoms with Gasteiger partial charge < -0.3 is 10.2 Å². The molecule has 3 aromatic carbocycles. The molecule has 0 aliphatic carbocycles. The van der Waals surface area contributed by atoms with Crippen molar-refractivity contribution in [1.29, 1.82) is 0 Å². The number of nitrogens with zero attached hydrogens (tertiary/aromatic N) is 2. The first-order valence-electron chi connectivity index (χ1n) is 11.2. The van der Waals surface area contributed by atoms with Gasteiger partial charge in [-0.3, -0.25) is 13.9 Å². The highest BCUT2D eigenvalue weighted by Crippen LogP contribution is 2.30. The lowest BCUT2D eigenvalue weighted by Gasteiger charge is -2.32. The molecule has 3 aromatic rings. The second-order valence-electron chi connectivity index (χ2n) is 8.36. The number of carbonyl (C=O) groups is 2. The summed E-state index contributed by atoms with van der Waals surface area (Å²) < 4.78 is 42.8. The fourth-order valence-corrected chi connectivity index (χ4v) is 5.56. The van der Waals surface area contributed by atoms with E-state index in [1.807, 2.05) is 6.92 Å². The Morgan fingerprint density at radius 1 is 1.00 bits per heavy atom. The Bertz CT molecular complexity index is 1380. The molecule has 0 spiro atoms. The largest absolute Gasteiger partial charge is 0.357 e. The summed E-state index contributed by atoms with van der Waals surface area (Å²) in [7, 11) is -2.86. The summed E-state index contributed by atoms with van der Waals surface area (Å²) >= 11 is 12.3. The van der Waals surface area contributed by atoms with Gasteiger partial charge in [-0.1, -0.05) is 59.1 Å². The van der Waals surface area contributed by atoms with Crippen LogP contribution in [0.15, 0.2) is 71.6 Å². The molecule has 1 atom stereocenters. The highest BCUT2D eigenvalue weighted by molar-refractivity contribution is 7.92. The first-order valence-corrected chi connectivity index (χ1v) is 13.4. The van der Waals surface area contributed by atoms with Crippen LogP contribution in [0, 0.1) is 12.7 Å². The monoisotopic (exact) mass is 565 g/mol. The second kappa shape index (κ2) is 11.9. The van der Waals surface area contributed by atoms with Crippen LogP contribution in [0.1, 0.15) is 18.1 Å². The zero-order valence-corrected chi connectivity index (χ0v) is 22.7. The fourth-order valence-electron chi connectivity index (χ4n) is 3.65. The van der Waals surface area contributed by atoms with Crippen molar-refractivity contribution in [3.05, 3.63) is 93.7 Å². The number of nitrogens with one attached hydrogen (secondary N) is 1. The van der Waals surface area contributed by atoms with E-state index in [-0.39, 0.29) is 32.7 Å². The van der Waals surface area contributed by atoms with Crippen LogP contribution in [-0.2, 0) is 26.2 Å². The van der Waals surface area contributed by atoms with Crippen LogP contribution in [0.4, 0.5) is 10.1 Å². The van der Waals surface area contributed by atoms with Crippen molar-refractivity contribution >= 4 is 50.7 Å². The Kier molecular flexibility index (Phi) is 9.17. The minimum Gasteiger partial charge on any atom is -0.357 e. The average molecular weight is 566 g/mol. The second-order valence-corrected chi connectivity index (χ2v) is 11.1. The Balaban J connectivity index is 2.08. The lowest BCUT2D eigenvalue weighted by atomic mass is 10.1. The first-order chi connectivity index (χ1) is 17.4. The third kappa shape index (κ3) is 6.80. The van der Waals surface area contributed by atoms with Gasteiger partial charge in [0.15, 0.2) is 0 Å². The van der Waals surface area contributed by atoms with E-state index in [1.54, 1.807) is 18.2 Å². The summed E-state index contributed by atoms with van der Waals surface area (Å²) in [5, 5.41) is 2.80. The third-order valence-corrected chi connectivity index (χ3v) is 7.96. The predicted octanol–water partition coefficient (Wildman–Crippen LogP) is 4.80. The third-order valence-electron chi connectivity index (χ3n) is 5.74. The molecule has 0 aliphatic heterocycles. The van der Waals surface area contributed by atoms with Gasteiger partial charge in [0.05, 0.1) is 10.6 Å². The number of likely N-dealkylation sites (N-methyl/N-ethyl adjacent to an activating group) is 1. The van der Waals surface area contributed by atoms with Crippen molar-refractivity contribution in [3.63, 3.8) is 0 Å². The van der Waals surface area contributed by atoms with Gasteiger partial charge in [0.25, 0.3) is 10.0 Å². The van der Waals surface area contributed by atoms with Crippen molar-refractivity contribution in [2.45, 2.75) is 31.3 Å². The summed E-state index contributed by atoms with van der Waals surface area (Å²) in [4.78, 5) is 27.2. The molecule has 37 heavy (non-hydrogen) atoms. The zero-order valence-electron chi connectivity index (χ0n) is 20.4. The van der Waals surface area contributed by atoms with Crippen LogP contribution in [0.3, 0.4) is 0 Å². The molecule has 0 radical (unpaired) electrons. The lowest BCUT2D eigenvalue weighted by molar-refractivity contribution is -0.139. The number of halogens is 3. The standard InChI is InChI=1S/C26H26Cl2FN3O4S/c1-17-8-10-23(11-9-17)37(35,36)32(22-13-20(27)12-21(28)14-22)16-25(33)31(18(2)26(34)30-3)15-19-6-4-5-7-24(19)29/h4-14,18H,15-16H2,1-3H3,(H,30,34)/t18-/m1/s1. The fraction of sp³-hybridized carbons (Fsp3) is 0.231. The number of benzene rings is 3. The van der Waals surface area contributed by atoms with Gasteiger partial charge in [-0.05, 0) is 50.2 Å². The molecule has 0 unspecified atom stereocenters. The van der Waals surface area contributed by atoms with Crippen molar-refractivity contribution in [2.24, 2.45) is 0 Å². The SMILES string of the molecule is CNC(=O)[C@@H](C)N(Cc1ccccc1F)C(=O)CN(c1cc(Cl)cc(Cl)c1)S(=O)(=O)c1ccc(C)cc1. The van der Waals surface area contributed by atoms with Crippen molar-refractivity contribution in [3.8, 4) is 0 Å². The molecule has 11 heteroatoms. The van der Waals surface area contributed by atoms with Crippen molar-refractivity contribution < 1.29 is 22.4 Å². The van der Waals surface area contributed by atoms with Crippen LogP contribution in [0.25, 0.3) is 0 Å². The topological polar surface area (TPSA) is 86.8 Å². The summed E-state index contributed by atoms with van der Waals surface area (Å²) in [6.07, 6.45) is 0. The van der Waals surface area contributed by atoms with E-state index in [9.17, 15) is 22.4 Å². The number of hydrogen-bond acceptors (Lipinski definition) is 4. The molecule has 3 rings (SSSR count). The summed E-state index contributed by atoms with van der Waals surface area (Å²) in [5.74, 6) is -1.79. The minimum atomic E-state index is -4.27. The number of hydrogen-bond donors (Lipinski definition) is 1. The van der Waals surface area contributed by atoms with E-state index in [0.29, 0.717) is 0 Å². The maximum absolute atomic E-state index is 14.4. The quantitative estimate of drug-likeness (QED) is 0.403. The van der Waals surface area contributed by atoms with Gasteiger partial charge in [-0.25, -0.2) is 12.8 Å². The molecule has 0 heterocycles. The van der Waals surface area contributed by atoms with Crippen molar-refractivity contribution in [1.82, 2.24) is 10.2 Å². The Labute approximate surface area is 225 Å². The van der Waals surface area contributed by atoms with Crippen LogP contribution < -0.4 is 9.62 Å².